The smallest absolute Gasteiger partial charge is 0.114 e. The summed E-state index contributed by atoms with van der Waals surface area (Å²) in [6.45, 7) is 2.17. The number of hydrogen-bond donors (Lipinski definition) is 0. The number of benzene rings is 8. The molecule has 0 spiro atoms. The first-order valence-electron chi connectivity index (χ1n) is 17.0. The molecule has 2 heteroatoms. The third-order valence-corrected chi connectivity index (χ3v) is 9.75. The van der Waals surface area contributed by atoms with E-state index in [0.29, 0.717) is 0 Å². The molecule has 0 saturated carbocycles. The lowest BCUT2D eigenvalue weighted by molar-refractivity contribution is 0.908. The van der Waals surface area contributed by atoms with E-state index in [4.69, 9.17) is 4.98 Å². The number of para-hydroxylation sites is 2. The zero-order chi connectivity index (χ0) is 32.7. The van der Waals surface area contributed by atoms with Gasteiger partial charge in [0.15, 0.2) is 0 Å². The quantitative estimate of drug-likeness (QED) is 0.168. The molecule has 0 atom stereocenters. The van der Waals surface area contributed by atoms with E-state index in [1.54, 1.807) is 0 Å². The minimum Gasteiger partial charge on any atom is -0.296 e. The molecule has 49 heavy (non-hydrogen) atoms. The summed E-state index contributed by atoms with van der Waals surface area (Å²) in [4.78, 5) is 4.94. The molecule has 8 aromatic carbocycles. The summed E-state index contributed by atoms with van der Waals surface area (Å²) in [6.07, 6.45) is 0.861. The summed E-state index contributed by atoms with van der Waals surface area (Å²) >= 11 is 0. The highest BCUT2D eigenvalue weighted by Gasteiger charge is 2.19. The molecule has 0 aliphatic carbocycles. The molecule has 0 amide bonds. The molecule has 0 saturated heterocycles. The highest BCUT2D eigenvalue weighted by molar-refractivity contribution is 6.22. The van der Waals surface area contributed by atoms with Crippen LogP contribution in [0.25, 0.3) is 82.8 Å². The van der Waals surface area contributed by atoms with Crippen LogP contribution in [0.1, 0.15) is 12.7 Å². The van der Waals surface area contributed by atoms with Crippen molar-refractivity contribution in [3.05, 3.63) is 182 Å². The normalized spacial score (nSPS) is 11.4. The molecular weight excluding hydrogens is 593 g/mol. The fraction of sp³-hybridized carbons (Fsp3) is 0.0426. The molecule has 0 N–H and O–H groups in total. The number of rotatable bonds is 6. The van der Waals surface area contributed by atoms with Gasteiger partial charge in [0.25, 0.3) is 0 Å². The highest BCUT2D eigenvalue weighted by atomic mass is 15.1. The molecule has 9 aromatic rings. The molecule has 232 valence electrons. The molecule has 9 rings (SSSR count). The highest BCUT2D eigenvalue weighted by Crippen LogP contribution is 2.46. The van der Waals surface area contributed by atoms with Crippen LogP contribution in [0, 0.1) is 0 Å². The van der Waals surface area contributed by atoms with Gasteiger partial charge in [0.05, 0.1) is 11.0 Å². The van der Waals surface area contributed by atoms with Gasteiger partial charge in [-0.3, -0.25) is 4.57 Å². The lowest BCUT2D eigenvalue weighted by Crippen LogP contribution is -2.00. The van der Waals surface area contributed by atoms with Crippen molar-refractivity contribution < 1.29 is 0 Å². The molecule has 0 radical (unpaired) electrons. The van der Waals surface area contributed by atoms with Gasteiger partial charge >= 0.3 is 0 Å². The van der Waals surface area contributed by atoms with Gasteiger partial charge in [0.1, 0.15) is 5.82 Å². The fourth-order valence-electron chi connectivity index (χ4n) is 7.58. The maximum Gasteiger partial charge on any atom is 0.114 e. The zero-order valence-electron chi connectivity index (χ0n) is 27.3. The average molecular weight is 627 g/mol. The average Bonchev–Trinajstić information content (AvgIpc) is 3.56. The largest absolute Gasteiger partial charge is 0.296 e. The van der Waals surface area contributed by atoms with Crippen LogP contribution < -0.4 is 0 Å². The van der Waals surface area contributed by atoms with E-state index in [-0.39, 0.29) is 0 Å². The predicted molar refractivity (Wildman–Crippen MR) is 207 cm³/mol. The van der Waals surface area contributed by atoms with E-state index in [1.165, 1.54) is 66.1 Å². The van der Waals surface area contributed by atoms with Crippen LogP contribution in [0.5, 0.6) is 0 Å². The molecule has 0 fully saturated rings. The first-order valence-corrected chi connectivity index (χ1v) is 17.0. The van der Waals surface area contributed by atoms with Gasteiger partial charge in [0, 0.05) is 12.1 Å². The monoisotopic (exact) mass is 626 g/mol. The Balaban J connectivity index is 1.24. The second kappa shape index (κ2) is 12.1. The SMILES string of the molecule is CCc1nc2ccccc2n1-c1cccc(-c2cccc(-c3c4ccccc4c(-c4ccccc4-c4ccccc4)c4ccccc34)c2)c1. The van der Waals surface area contributed by atoms with Crippen molar-refractivity contribution in [3.8, 4) is 50.2 Å². The minimum atomic E-state index is 0.861. The Morgan fingerprint density at radius 2 is 0.959 bits per heavy atom. The fourth-order valence-corrected chi connectivity index (χ4v) is 7.58. The Labute approximate surface area is 286 Å². The van der Waals surface area contributed by atoms with E-state index in [1.807, 2.05) is 0 Å². The van der Waals surface area contributed by atoms with Crippen LogP contribution in [0.2, 0.25) is 0 Å². The van der Waals surface area contributed by atoms with Gasteiger partial charge in [-0.1, -0.05) is 153 Å². The van der Waals surface area contributed by atoms with Crippen LogP contribution in [-0.2, 0) is 6.42 Å². The lowest BCUT2D eigenvalue weighted by atomic mass is 9.83. The van der Waals surface area contributed by atoms with Gasteiger partial charge in [0.2, 0.25) is 0 Å². The zero-order valence-corrected chi connectivity index (χ0v) is 27.3. The maximum absolute atomic E-state index is 4.94. The van der Waals surface area contributed by atoms with Crippen molar-refractivity contribution in [2.75, 3.05) is 0 Å². The Morgan fingerprint density at radius 1 is 0.429 bits per heavy atom. The number of fused-ring (bicyclic) bond motifs is 3. The standard InChI is InChI=1S/C47H34N2/c1-2-45-48-43-28-12-13-29-44(43)49(45)36-21-15-19-34(31-36)33-18-14-20-35(30-33)46-39-24-8-10-26-41(39)47(42-27-11-9-25-40(42)46)38-23-7-6-22-37(38)32-16-4-3-5-17-32/h3-31H,2H2,1H3. The molecule has 1 aromatic heterocycles. The third-order valence-electron chi connectivity index (χ3n) is 9.75. The summed E-state index contributed by atoms with van der Waals surface area (Å²) in [6, 6.07) is 63.7. The second-order valence-electron chi connectivity index (χ2n) is 12.6. The predicted octanol–water partition coefficient (Wildman–Crippen LogP) is 12.6. The summed E-state index contributed by atoms with van der Waals surface area (Å²) < 4.78 is 2.30. The topological polar surface area (TPSA) is 17.8 Å². The van der Waals surface area contributed by atoms with Crippen molar-refractivity contribution in [3.63, 3.8) is 0 Å². The second-order valence-corrected chi connectivity index (χ2v) is 12.6. The van der Waals surface area contributed by atoms with E-state index in [2.05, 4.69) is 187 Å². The van der Waals surface area contributed by atoms with E-state index < -0.39 is 0 Å². The van der Waals surface area contributed by atoms with Crippen LogP contribution in [0.15, 0.2) is 176 Å². The summed E-state index contributed by atoms with van der Waals surface area (Å²) in [5.74, 6) is 1.07. The maximum atomic E-state index is 4.94. The van der Waals surface area contributed by atoms with Crippen molar-refractivity contribution in [1.29, 1.82) is 0 Å². The molecule has 0 unspecified atom stereocenters. The summed E-state index contributed by atoms with van der Waals surface area (Å²) in [7, 11) is 0. The lowest BCUT2D eigenvalue weighted by Gasteiger charge is -2.20. The van der Waals surface area contributed by atoms with Crippen LogP contribution in [-0.4, -0.2) is 9.55 Å². The van der Waals surface area contributed by atoms with Crippen molar-refractivity contribution in [2.45, 2.75) is 13.3 Å². The van der Waals surface area contributed by atoms with Gasteiger partial charge in [-0.15, -0.1) is 0 Å². The first-order chi connectivity index (χ1) is 24.3. The van der Waals surface area contributed by atoms with Gasteiger partial charge < -0.3 is 0 Å². The Hall–Kier alpha value is -6.25. The van der Waals surface area contributed by atoms with Crippen molar-refractivity contribution in [1.82, 2.24) is 9.55 Å². The van der Waals surface area contributed by atoms with Gasteiger partial charge in [-0.25, -0.2) is 4.98 Å². The number of nitrogens with zero attached hydrogens (tertiary/aromatic N) is 2. The van der Waals surface area contributed by atoms with Gasteiger partial charge in [-0.2, -0.15) is 0 Å². The molecular formula is C47H34N2. The molecule has 2 nitrogen and oxygen atoms in total. The number of aryl methyl sites for hydroxylation is 1. The van der Waals surface area contributed by atoms with E-state index >= 15 is 0 Å². The molecule has 0 aliphatic heterocycles. The third kappa shape index (κ3) is 4.92. The van der Waals surface area contributed by atoms with Crippen LogP contribution >= 0.6 is 0 Å². The Bertz CT molecular complexity index is 2590. The van der Waals surface area contributed by atoms with Crippen molar-refractivity contribution >= 4 is 32.6 Å². The van der Waals surface area contributed by atoms with Gasteiger partial charge in [-0.05, 0) is 96.4 Å². The minimum absolute atomic E-state index is 0.861. The van der Waals surface area contributed by atoms with Crippen LogP contribution in [0.3, 0.4) is 0 Å². The summed E-state index contributed by atoms with van der Waals surface area (Å²) in [5, 5.41) is 5.02. The number of hydrogen-bond acceptors (Lipinski definition) is 1. The Morgan fingerprint density at radius 3 is 1.67 bits per heavy atom. The number of imidazole rings is 1. The Kier molecular flexibility index (Phi) is 7.13. The molecule has 0 bridgehead atoms. The molecule has 1 heterocycles. The number of aromatic nitrogens is 2. The van der Waals surface area contributed by atoms with E-state index in [0.717, 1.165) is 29.0 Å². The first kappa shape index (κ1) is 28.9. The molecule has 0 aliphatic rings. The van der Waals surface area contributed by atoms with Crippen LogP contribution in [0.4, 0.5) is 0 Å². The van der Waals surface area contributed by atoms with E-state index in [9.17, 15) is 0 Å². The summed E-state index contributed by atoms with van der Waals surface area (Å²) in [5.41, 5.74) is 13.1. The van der Waals surface area contributed by atoms with Crippen molar-refractivity contribution in [2.24, 2.45) is 0 Å².